The van der Waals surface area contributed by atoms with Gasteiger partial charge >= 0.3 is 0 Å². The molecule has 5 heteroatoms. The molecule has 26 heavy (non-hydrogen) atoms. The number of nitrogens with zero attached hydrogens (tertiary/aromatic N) is 2. The Bertz CT molecular complexity index is 880. The predicted octanol–water partition coefficient (Wildman–Crippen LogP) is 4.88. The molecule has 0 saturated carbocycles. The van der Waals surface area contributed by atoms with Crippen LogP contribution < -0.4 is 5.32 Å². The van der Waals surface area contributed by atoms with Gasteiger partial charge in [0.15, 0.2) is 5.82 Å². The molecule has 3 rings (SSSR count). The van der Waals surface area contributed by atoms with Crippen LogP contribution in [-0.2, 0) is 17.6 Å². The van der Waals surface area contributed by atoms with Gasteiger partial charge in [-0.15, -0.1) is 0 Å². The van der Waals surface area contributed by atoms with Crippen LogP contribution in [0.4, 0.5) is 5.82 Å². The minimum atomic E-state index is -0.0784. The van der Waals surface area contributed by atoms with Gasteiger partial charge in [-0.05, 0) is 46.7 Å². The number of amides is 1. The van der Waals surface area contributed by atoms with Crippen LogP contribution in [0.2, 0.25) is 0 Å². The smallest absolute Gasteiger partial charge is 0.229 e. The summed E-state index contributed by atoms with van der Waals surface area (Å²) < 4.78 is 1.15. The highest BCUT2D eigenvalue weighted by molar-refractivity contribution is 14.1. The zero-order chi connectivity index (χ0) is 18.4. The predicted molar refractivity (Wildman–Crippen MR) is 113 cm³/mol. The van der Waals surface area contributed by atoms with E-state index in [2.05, 4.69) is 39.8 Å². The molecule has 1 N–H and O–H groups in total. The van der Waals surface area contributed by atoms with Gasteiger partial charge in [-0.1, -0.05) is 55.8 Å². The van der Waals surface area contributed by atoms with E-state index < -0.39 is 0 Å². The van der Waals surface area contributed by atoms with Crippen molar-refractivity contribution in [3.8, 4) is 11.3 Å². The number of halogens is 1. The Morgan fingerprint density at radius 1 is 1.08 bits per heavy atom. The van der Waals surface area contributed by atoms with Crippen molar-refractivity contribution in [2.24, 2.45) is 0 Å². The van der Waals surface area contributed by atoms with Gasteiger partial charge in [0.2, 0.25) is 5.91 Å². The molecule has 0 aliphatic carbocycles. The van der Waals surface area contributed by atoms with Crippen molar-refractivity contribution in [2.45, 2.75) is 26.2 Å². The summed E-state index contributed by atoms with van der Waals surface area (Å²) in [4.78, 5) is 21.6. The van der Waals surface area contributed by atoms with Gasteiger partial charge in [-0.25, -0.2) is 9.97 Å². The molecule has 2 aromatic carbocycles. The molecule has 0 aliphatic rings. The Hall–Kier alpha value is -2.28. The van der Waals surface area contributed by atoms with E-state index in [0.717, 1.165) is 38.9 Å². The standard InChI is InChI=1S/C21H20IN3O/c1-2-6-18-21(23-14-19(24-18)16-7-4-3-5-8-16)25-20(26)13-15-9-11-17(22)12-10-15/h3-5,7-12,14H,2,6,13H2,1H3,(H,23,25,26). The summed E-state index contributed by atoms with van der Waals surface area (Å²) in [5.74, 6) is 0.479. The molecule has 0 aliphatic heterocycles. The molecule has 1 amide bonds. The Morgan fingerprint density at radius 3 is 2.50 bits per heavy atom. The van der Waals surface area contributed by atoms with E-state index in [1.807, 2.05) is 54.6 Å². The quantitative estimate of drug-likeness (QED) is 0.537. The van der Waals surface area contributed by atoms with Crippen LogP contribution in [0.1, 0.15) is 24.6 Å². The Balaban J connectivity index is 1.78. The third kappa shape index (κ3) is 4.88. The fourth-order valence-corrected chi connectivity index (χ4v) is 3.01. The maximum Gasteiger partial charge on any atom is 0.229 e. The fourth-order valence-electron chi connectivity index (χ4n) is 2.65. The van der Waals surface area contributed by atoms with Gasteiger partial charge in [-0.3, -0.25) is 4.79 Å². The Kier molecular flexibility index (Phi) is 6.33. The Morgan fingerprint density at radius 2 is 1.81 bits per heavy atom. The number of anilines is 1. The van der Waals surface area contributed by atoms with Crippen LogP contribution in [0.5, 0.6) is 0 Å². The highest BCUT2D eigenvalue weighted by Gasteiger charge is 2.12. The normalized spacial score (nSPS) is 10.5. The van der Waals surface area contributed by atoms with Crippen molar-refractivity contribution in [1.29, 1.82) is 0 Å². The summed E-state index contributed by atoms with van der Waals surface area (Å²) in [5, 5.41) is 2.92. The van der Waals surface area contributed by atoms with Gasteiger partial charge in [0, 0.05) is 9.13 Å². The van der Waals surface area contributed by atoms with Gasteiger partial charge < -0.3 is 5.32 Å². The second-order valence-corrected chi connectivity index (χ2v) is 7.26. The topological polar surface area (TPSA) is 54.9 Å². The molecule has 0 radical (unpaired) electrons. The van der Waals surface area contributed by atoms with Gasteiger partial charge in [0.1, 0.15) is 0 Å². The zero-order valence-electron chi connectivity index (χ0n) is 14.6. The monoisotopic (exact) mass is 457 g/mol. The van der Waals surface area contributed by atoms with Gasteiger partial charge in [-0.2, -0.15) is 0 Å². The fraction of sp³-hybridized carbons (Fsp3) is 0.190. The third-order valence-corrected chi connectivity index (χ3v) is 4.66. The number of benzene rings is 2. The number of aromatic nitrogens is 2. The maximum absolute atomic E-state index is 12.4. The molecule has 1 heterocycles. The largest absolute Gasteiger partial charge is 0.309 e. The molecule has 4 nitrogen and oxygen atoms in total. The SMILES string of the molecule is CCCc1nc(-c2ccccc2)cnc1NC(=O)Cc1ccc(I)cc1. The lowest BCUT2D eigenvalue weighted by molar-refractivity contribution is -0.115. The van der Waals surface area contributed by atoms with Crippen molar-refractivity contribution in [2.75, 3.05) is 5.32 Å². The van der Waals surface area contributed by atoms with Crippen molar-refractivity contribution >= 4 is 34.3 Å². The number of hydrogen-bond donors (Lipinski definition) is 1. The van der Waals surface area contributed by atoms with Gasteiger partial charge in [0.05, 0.1) is 24.0 Å². The maximum atomic E-state index is 12.4. The van der Waals surface area contributed by atoms with E-state index in [9.17, 15) is 4.79 Å². The number of carbonyl (C=O) groups is 1. The molecule has 1 aromatic heterocycles. The molecule has 0 atom stereocenters. The number of rotatable bonds is 6. The molecule has 0 saturated heterocycles. The Labute approximate surface area is 167 Å². The molecular formula is C21H20IN3O. The molecular weight excluding hydrogens is 437 g/mol. The molecule has 132 valence electrons. The highest BCUT2D eigenvalue weighted by atomic mass is 127. The van der Waals surface area contributed by atoms with E-state index in [1.54, 1.807) is 6.20 Å². The number of carbonyl (C=O) groups excluding carboxylic acids is 1. The number of aryl methyl sites for hydroxylation is 1. The lowest BCUT2D eigenvalue weighted by Gasteiger charge is -2.11. The first kappa shape index (κ1) is 18.5. The average molecular weight is 457 g/mol. The average Bonchev–Trinajstić information content (AvgIpc) is 2.66. The van der Waals surface area contributed by atoms with Crippen LogP contribution >= 0.6 is 22.6 Å². The summed E-state index contributed by atoms with van der Waals surface area (Å²) in [6, 6.07) is 17.9. The van der Waals surface area contributed by atoms with Crippen molar-refractivity contribution in [1.82, 2.24) is 9.97 Å². The molecule has 0 fully saturated rings. The first-order valence-corrected chi connectivity index (χ1v) is 9.69. The van der Waals surface area contributed by atoms with Crippen LogP contribution in [-0.4, -0.2) is 15.9 Å². The van der Waals surface area contributed by atoms with E-state index >= 15 is 0 Å². The summed E-state index contributed by atoms with van der Waals surface area (Å²) in [5.41, 5.74) is 3.65. The minimum Gasteiger partial charge on any atom is -0.309 e. The van der Waals surface area contributed by atoms with Crippen LogP contribution in [0, 0.1) is 3.57 Å². The van der Waals surface area contributed by atoms with Crippen molar-refractivity contribution in [3.63, 3.8) is 0 Å². The zero-order valence-corrected chi connectivity index (χ0v) is 16.7. The van der Waals surface area contributed by atoms with Crippen LogP contribution in [0.25, 0.3) is 11.3 Å². The first-order valence-electron chi connectivity index (χ1n) is 8.61. The summed E-state index contributed by atoms with van der Waals surface area (Å²) in [6.45, 7) is 2.09. The van der Waals surface area contributed by atoms with E-state index in [1.165, 1.54) is 0 Å². The first-order chi connectivity index (χ1) is 12.7. The van der Waals surface area contributed by atoms with Crippen LogP contribution in [0.3, 0.4) is 0 Å². The third-order valence-electron chi connectivity index (χ3n) is 3.94. The second kappa shape index (κ2) is 8.89. The summed E-state index contributed by atoms with van der Waals surface area (Å²) >= 11 is 2.25. The van der Waals surface area contributed by atoms with E-state index in [0.29, 0.717) is 12.2 Å². The van der Waals surface area contributed by atoms with Gasteiger partial charge in [0.25, 0.3) is 0 Å². The summed E-state index contributed by atoms with van der Waals surface area (Å²) in [6.07, 6.45) is 3.75. The minimum absolute atomic E-state index is 0.0784. The van der Waals surface area contributed by atoms with E-state index in [4.69, 9.17) is 4.98 Å². The van der Waals surface area contributed by atoms with Crippen molar-refractivity contribution in [3.05, 3.63) is 75.6 Å². The number of nitrogens with one attached hydrogen (secondary N) is 1. The lowest BCUT2D eigenvalue weighted by Crippen LogP contribution is -2.17. The molecule has 0 unspecified atom stereocenters. The van der Waals surface area contributed by atoms with Crippen molar-refractivity contribution < 1.29 is 4.79 Å². The lowest BCUT2D eigenvalue weighted by atomic mass is 10.1. The second-order valence-electron chi connectivity index (χ2n) is 6.02. The molecule has 0 spiro atoms. The molecule has 0 bridgehead atoms. The number of hydrogen-bond acceptors (Lipinski definition) is 3. The molecule has 3 aromatic rings. The van der Waals surface area contributed by atoms with Crippen LogP contribution in [0.15, 0.2) is 60.8 Å². The van der Waals surface area contributed by atoms with E-state index in [-0.39, 0.29) is 5.91 Å². The summed E-state index contributed by atoms with van der Waals surface area (Å²) in [7, 11) is 0. The highest BCUT2D eigenvalue weighted by Crippen LogP contribution is 2.20.